The smallest absolute Gasteiger partial charge is 0.328 e. The Balaban J connectivity index is 2.07. The molecule has 0 bridgehead atoms. The highest BCUT2D eigenvalue weighted by Gasteiger charge is 2.74. The lowest BCUT2D eigenvalue weighted by Gasteiger charge is -2.11. The molecule has 0 spiro atoms. The maximum Gasteiger partial charge on any atom is 0.328 e. The molecule has 3 rings (SSSR count). The molecule has 2 aromatic carbocycles. The highest BCUT2D eigenvalue weighted by Crippen LogP contribution is 2.56. The molecule has 7 heteroatoms. The topological polar surface area (TPSA) is 86.5 Å². The molecule has 0 aromatic heterocycles. The third-order valence-corrected chi connectivity index (χ3v) is 7.19. The standard InChI is InChI=1S/C19H20ClNO4S/c1-3-25-18(22)19(21)16(13-5-4-6-14(20)11-13)17(19)26(23,24)15-9-7-12(2)8-10-15/h4-11,16-17H,3,21H2,1-2H3/t16-,17-,19+/m0/s1. The fourth-order valence-corrected chi connectivity index (χ4v) is 5.76. The number of esters is 1. The van der Waals surface area contributed by atoms with E-state index in [0.29, 0.717) is 10.6 Å². The van der Waals surface area contributed by atoms with Crippen molar-refractivity contribution in [1.82, 2.24) is 0 Å². The third-order valence-electron chi connectivity index (χ3n) is 4.70. The molecule has 0 unspecified atom stereocenters. The van der Waals surface area contributed by atoms with Gasteiger partial charge in [-0.25, -0.2) is 13.2 Å². The molecule has 0 radical (unpaired) electrons. The summed E-state index contributed by atoms with van der Waals surface area (Å²) in [7, 11) is -3.83. The van der Waals surface area contributed by atoms with Crippen LogP contribution < -0.4 is 5.73 Å². The van der Waals surface area contributed by atoms with Crippen molar-refractivity contribution in [2.24, 2.45) is 5.73 Å². The van der Waals surface area contributed by atoms with Crippen LogP contribution in [0.1, 0.15) is 24.0 Å². The number of ether oxygens (including phenoxy) is 1. The largest absolute Gasteiger partial charge is 0.465 e. The number of nitrogens with two attached hydrogens (primary N) is 1. The van der Waals surface area contributed by atoms with Gasteiger partial charge in [-0.15, -0.1) is 0 Å². The van der Waals surface area contributed by atoms with Crippen molar-refractivity contribution >= 4 is 27.4 Å². The maximum absolute atomic E-state index is 13.2. The zero-order chi connectivity index (χ0) is 19.1. The average Bonchev–Trinajstić information content (AvgIpc) is 3.24. The minimum Gasteiger partial charge on any atom is -0.465 e. The van der Waals surface area contributed by atoms with Gasteiger partial charge in [0.25, 0.3) is 0 Å². The van der Waals surface area contributed by atoms with E-state index in [1.807, 2.05) is 6.92 Å². The number of hydrogen-bond acceptors (Lipinski definition) is 5. The van der Waals surface area contributed by atoms with E-state index in [-0.39, 0.29) is 11.5 Å². The zero-order valence-corrected chi connectivity index (χ0v) is 16.0. The lowest BCUT2D eigenvalue weighted by atomic mass is 10.1. The Morgan fingerprint density at radius 1 is 1.23 bits per heavy atom. The predicted molar refractivity (Wildman–Crippen MR) is 99.9 cm³/mol. The van der Waals surface area contributed by atoms with E-state index in [1.165, 1.54) is 12.1 Å². The van der Waals surface area contributed by atoms with Crippen LogP contribution in [-0.2, 0) is 19.4 Å². The van der Waals surface area contributed by atoms with E-state index in [1.54, 1.807) is 43.3 Å². The molecule has 1 aliphatic rings. The van der Waals surface area contributed by atoms with Crippen molar-refractivity contribution in [3.8, 4) is 0 Å². The molecule has 2 aromatic rings. The van der Waals surface area contributed by atoms with E-state index >= 15 is 0 Å². The first-order valence-corrected chi connectivity index (χ1v) is 10.2. The Hall–Kier alpha value is -1.89. The van der Waals surface area contributed by atoms with Gasteiger partial charge in [-0.1, -0.05) is 41.4 Å². The Kier molecular flexibility index (Phi) is 4.86. The Morgan fingerprint density at radius 2 is 1.88 bits per heavy atom. The van der Waals surface area contributed by atoms with E-state index in [9.17, 15) is 13.2 Å². The highest BCUT2D eigenvalue weighted by molar-refractivity contribution is 7.92. The second-order valence-electron chi connectivity index (χ2n) is 6.46. The number of benzene rings is 2. The number of rotatable bonds is 5. The Morgan fingerprint density at radius 3 is 2.46 bits per heavy atom. The molecular formula is C19H20ClNO4S. The lowest BCUT2D eigenvalue weighted by molar-refractivity contribution is -0.145. The molecule has 1 fully saturated rings. The fraction of sp³-hybridized carbons (Fsp3) is 0.316. The average molecular weight is 394 g/mol. The maximum atomic E-state index is 13.2. The molecule has 1 aliphatic carbocycles. The second-order valence-corrected chi connectivity index (χ2v) is 8.97. The van der Waals surface area contributed by atoms with E-state index in [2.05, 4.69) is 0 Å². The van der Waals surface area contributed by atoms with Gasteiger partial charge in [-0.05, 0) is 43.7 Å². The minimum absolute atomic E-state index is 0.122. The van der Waals surface area contributed by atoms with Crippen molar-refractivity contribution < 1.29 is 17.9 Å². The molecule has 26 heavy (non-hydrogen) atoms. The predicted octanol–water partition coefficient (Wildman–Crippen LogP) is 2.85. The van der Waals surface area contributed by atoms with Crippen molar-refractivity contribution in [2.45, 2.75) is 35.4 Å². The van der Waals surface area contributed by atoms with Crippen LogP contribution >= 0.6 is 11.6 Å². The molecule has 0 aliphatic heterocycles. The first-order chi connectivity index (χ1) is 12.2. The van der Waals surface area contributed by atoms with Crippen LogP contribution in [0.2, 0.25) is 5.02 Å². The summed E-state index contributed by atoms with van der Waals surface area (Å²) >= 11 is 6.04. The van der Waals surface area contributed by atoms with E-state index < -0.39 is 32.5 Å². The number of carbonyl (C=O) groups is 1. The van der Waals surface area contributed by atoms with Crippen LogP contribution in [0.4, 0.5) is 0 Å². The number of aryl methyl sites for hydroxylation is 1. The monoisotopic (exact) mass is 393 g/mol. The van der Waals surface area contributed by atoms with E-state index in [0.717, 1.165) is 5.56 Å². The zero-order valence-electron chi connectivity index (χ0n) is 14.5. The summed E-state index contributed by atoms with van der Waals surface area (Å²) in [4.78, 5) is 12.6. The summed E-state index contributed by atoms with van der Waals surface area (Å²) in [5, 5.41) is -0.651. The molecule has 138 valence electrons. The lowest BCUT2D eigenvalue weighted by Crippen LogP contribution is -2.41. The molecule has 0 amide bonds. The number of carbonyl (C=O) groups excluding carboxylic acids is 1. The van der Waals surface area contributed by atoms with Gasteiger partial charge in [-0.3, -0.25) is 0 Å². The summed E-state index contributed by atoms with van der Waals surface area (Å²) in [5.74, 6) is -1.43. The summed E-state index contributed by atoms with van der Waals surface area (Å²) in [6.07, 6.45) is 0. The van der Waals surface area contributed by atoms with Crippen molar-refractivity contribution in [2.75, 3.05) is 6.61 Å². The highest BCUT2D eigenvalue weighted by atomic mass is 35.5. The number of sulfone groups is 1. The van der Waals surface area contributed by atoms with Crippen LogP contribution in [-0.4, -0.2) is 31.8 Å². The molecule has 0 saturated heterocycles. The number of hydrogen-bond donors (Lipinski definition) is 1. The van der Waals surface area contributed by atoms with Gasteiger partial charge >= 0.3 is 5.97 Å². The van der Waals surface area contributed by atoms with Gasteiger partial charge < -0.3 is 10.5 Å². The fourth-order valence-electron chi connectivity index (χ4n) is 3.33. The summed E-state index contributed by atoms with van der Waals surface area (Å²) in [5.41, 5.74) is 6.21. The molecule has 2 N–H and O–H groups in total. The van der Waals surface area contributed by atoms with Crippen LogP contribution in [0.25, 0.3) is 0 Å². The van der Waals surface area contributed by atoms with Gasteiger partial charge in [0.1, 0.15) is 10.8 Å². The molecule has 0 heterocycles. The van der Waals surface area contributed by atoms with Crippen LogP contribution in [0.3, 0.4) is 0 Å². The van der Waals surface area contributed by atoms with Crippen LogP contribution in [0, 0.1) is 6.92 Å². The molecule has 1 saturated carbocycles. The molecule has 3 atom stereocenters. The van der Waals surface area contributed by atoms with Gasteiger partial charge in [-0.2, -0.15) is 0 Å². The quantitative estimate of drug-likeness (QED) is 0.789. The van der Waals surface area contributed by atoms with Crippen LogP contribution in [0.5, 0.6) is 0 Å². The van der Waals surface area contributed by atoms with Crippen molar-refractivity contribution in [1.29, 1.82) is 0 Å². The van der Waals surface area contributed by atoms with Gasteiger partial charge in [0, 0.05) is 10.9 Å². The second kappa shape index (κ2) is 6.68. The normalized spacial score (nSPS) is 24.9. The molecule has 5 nitrogen and oxygen atoms in total. The third kappa shape index (κ3) is 3.02. The van der Waals surface area contributed by atoms with E-state index in [4.69, 9.17) is 22.1 Å². The summed E-state index contributed by atoms with van der Waals surface area (Å²) < 4.78 is 31.4. The SMILES string of the molecule is CCOC(=O)[C@@]1(N)[C@@H](c2cccc(Cl)c2)[C@@H]1S(=O)(=O)c1ccc(C)cc1. The van der Waals surface area contributed by atoms with Crippen LogP contribution in [0.15, 0.2) is 53.4 Å². The Labute approximate surface area is 158 Å². The summed E-state index contributed by atoms with van der Waals surface area (Å²) in [6.45, 7) is 3.65. The minimum atomic E-state index is -3.83. The van der Waals surface area contributed by atoms with Gasteiger partial charge in [0.05, 0.1) is 11.5 Å². The molecular weight excluding hydrogens is 374 g/mol. The first kappa shape index (κ1) is 18.9. The Bertz CT molecular complexity index is 942. The van der Waals surface area contributed by atoms with Gasteiger partial charge in [0.15, 0.2) is 9.84 Å². The first-order valence-electron chi connectivity index (χ1n) is 8.25. The van der Waals surface area contributed by atoms with Crippen molar-refractivity contribution in [3.63, 3.8) is 0 Å². The summed E-state index contributed by atoms with van der Waals surface area (Å²) in [6, 6.07) is 13.2. The van der Waals surface area contributed by atoms with Gasteiger partial charge in [0.2, 0.25) is 0 Å². The number of halogens is 1. The van der Waals surface area contributed by atoms with Crippen molar-refractivity contribution in [3.05, 3.63) is 64.7 Å².